The Morgan fingerprint density at radius 2 is 2.15 bits per heavy atom. The lowest BCUT2D eigenvalue weighted by Crippen LogP contribution is -2.14. The van der Waals surface area contributed by atoms with Crippen LogP contribution in [-0.4, -0.2) is 37.7 Å². The lowest BCUT2D eigenvalue weighted by Gasteiger charge is -2.11. The molecular formula is C9H16N4. The Morgan fingerprint density at radius 1 is 1.38 bits per heavy atom. The van der Waals surface area contributed by atoms with Crippen molar-refractivity contribution in [2.45, 2.75) is 6.42 Å². The van der Waals surface area contributed by atoms with Crippen molar-refractivity contribution in [3.63, 3.8) is 0 Å². The van der Waals surface area contributed by atoms with E-state index in [1.807, 2.05) is 32.1 Å². The summed E-state index contributed by atoms with van der Waals surface area (Å²) in [4.78, 5) is 10.3. The topological polar surface area (TPSA) is 41.0 Å². The van der Waals surface area contributed by atoms with E-state index in [2.05, 4.69) is 15.3 Å². The van der Waals surface area contributed by atoms with E-state index in [-0.39, 0.29) is 0 Å². The molecule has 0 amide bonds. The summed E-state index contributed by atoms with van der Waals surface area (Å²) in [7, 11) is 5.89. The highest BCUT2D eigenvalue weighted by atomic mass is 15.1. The molecule has 0 aliphatic rings. The molecule has 0 spiro atoms. The van der Waals surface area contributed by atoms with Crippen molar-refractivity contribution >= 4 is 5.82 Å². The number of hydrogen-bond acceptors (Lipinski definition) is 4. The van der Waals surface area contributed by atoms with Gasteiger partial charge in [0.05, 0.1) is 0 Å². The standard InChI is InChI=1S/C9H16N4/c1-10-5-4-8-6-9(13(2)3)12-7-11-8/h6-7,10H,4-5H2,1-3H3. The smallest absolute Gasteiger partial charge is 0.131 e. The molecule has 0 aliphatic carbocycles. The van der Waals surface area contributed by atoms with E-state index in [1.54, 1.807) is 6.33 Å². The molecule has 0 aromatic carbocycles. The van der Waals surface area contributed by atoms with E-state index >= 15 is 0 Å². The number of nitrogens with one attached hydrogen (secondary N) is 1. The van der Waals surface area contributed by atoms with Gasteiger partial charge in [-0.25, -0.2) is 9.97 Å². The van der Waals surface area contributed by atoms with Gasteiger partial charge >= 0.3 is 0 Å². The molecule has 1 aromatic heterocycles. The van der Waals surface area contributed by atoms with Crippen LogP contribution in [0.3, 0.4) is 0 Å². The van der Waals surface area contributed by atoms with Gasteiger partial charge in [-0.3, -0.25) is 0 Å². The molecule has 0 bridgehead atoms. The molecule has 1 N–H and O–H groups in total. The highest BCUT2D eigenvalue weighted by Gasteiger charge is 1.99. The highest BCUT2D eigenvalue weighted by Crippen LogP contribution is 2.06. The van der Waals surface area contributed by atoms with Gasteiger partial charge in [0, 0.05) is 38.8 Å². The van der Waals surface area contributed by atoms with Crippen molar-refractivity contribution in [3.8, 4) is 0 Å². The van der Waals surface area contributed by atoms with E-state index in [9.17, 15) is 0 Å². The third-order valence-corrected chi connectivity index (χ3v) is 1.80. The summed E-state index contributed by atoms with van der Waals surface area (Å²) < 4.78 is 0. The molecule has 1 aromatic rings. The van der Waals surface area contributed by atoms with E-state index in [0.29, 0.717) is 0 Å². The Morgan fingerprint density at radius 3 is 2.77 bits per heavy atom. The molecule has 0 radical (unpaired) electrons. The number of anilines is 1. The maximum atomic E-state index is 4.18. The lowest BCUT2D eigenvalue weighted by atomic mass is 10.3. The van der Waals surface area contributed by atoms with E-state index in [4.69, 9.17) is 0 Å². The summed E-state index contributed by atoms with van der Waals surface area (Å²) in [5.41, 5.74) is 1.08. The molecule has 0 fully saturated rings. The van der Waals surface area contributed by atoms with E-state index < -0.39 is 0 Å². The first-order valence-corrected chi connectivity index (χ1v) is 4.37. The predicted octanol–water partition coefficient (Wildman–Crippen LogP) is 0.304. The summed E-state index contributed by atoms with van der Waals surface area (Å²) >= 11 is 0. The van der Waals surface area contributed by atoms with Crippen LogP contribution in [0.4, 0.5) is 5.82 Å². The fourth-order valence-electron chi connectivity index (χ4n) is 1.02. The van der Waals surface area contributed by atoms with Gasteiger partial charge in [-0.2, -0.15) is 0 Å². The monoisotopic (exact) mass is 180 g/mol. The Bertz CT molecular complexity index is 260. The average molecular weight is 180 g/mol. The van der Waals surface area contributed by atoms with Crippen LogP contribution >= 0.6 is 0 Å². The van der Waals surface area contributed by atoms with Crippen molar-refractivity contribution in [2.75, 3.05) is 32.6 Å². The molecule has 0 saturated heterocycles. The molecule has 0 atom stereocenters. The number of aromatic nitrogens is 2. The maximum Gasteiger partial charge on any atom is 0.131 e. The van der Waals surface area contributed by atoms with Crippen molar-refractivity contribution in [1.82, 2.24) is 15.3 Å². The van der Waals surface area contributed by atoms with Crippen LogP contribution in [0.25, 0.3) is 0 Å². The molecule has 0 aliphatic heterocycles. The molecule has 1 heterocycles. The quantitative estimate of drug-likeness (QED) is 0.723. The third-order valence-electron chi connectivity index (χ3n) is 1.80. The molecule has 4 nitrogen and oxygen atoms in total. The minimum absolute atomic E-state index is 0.944. The molecule has 72 valence electrons. The molecule has 13 heavy (non-hydrogen) atoms. The van der Waals surface area contributed by atoms with Crippen molar-refractivity contribution in [2.24, 2.45) is 0 Å². The van der Waals surface area contributed by atoms with Gasteiger partial charge in [0.25, 0.3) is 0 Å². The summed E-state index contributed by atoms with van der Waals surface area (Å²) in [6.07, 6.45) is 2.56. The van der Waals surface area contributed by atoms with Crippen LogP contribution < -0.4 is 10.2 Å². The predicted molar refractivity (Wildman–Crippen MR) is 54.0 cm³/mol. The minimum Gasteiger partial charge on any atom is -0.363 e. The first-order valence-electron chi connectivity index (χ1n) is 4.37. The summed E-state index contributed by atoms with van der Waals surface area (Å²) in [5, 5.41) is 3.09. The summed E-state index contributed by atoms with van der Waals surface area (Å²) in [6, 6.07) is 2.01. The van der Waals surface area contributed by atoms with Crippen molar-refractivity contribution in [1.29, 1.82) is 0 Å². The second kappa shape index (κ2) is 4.77. The Kier molecular flexibility index (Phi) is 3.64. The third kappa shape index (κ3) is 2.99. The highest BCUT2D eigenvalue weighted by molar-refractivity contribution is 5.36. The summed E-state index contributed by atoms with van der Waals surface area (Å²) in [6.45, 7) is 0.948. The molecule has 1 rings (SSSR count). The second-order valence-corrected chi connectivity index (χ2v) is 3.12. The van der Waals surface area contributed by atoms with E-state index in [1.165, 1.54) is 0 Å². The number of nitrogens with zero attached hydrogens (tertiary/aromatic N) is 3. The van der Waals surface area contributed by atoms with Gasteiger partial charge in [0.15, 0.2) is 0 Å². The number of hydrogen-bond donors (Lipinski definition) is 1. The van der Waals surface area contributed by atoms with Gasteiger partial charge < -0.3 is 10.2 Å². The molecule has 0 unspecified atom stereocenters. The average Bonchev–Trinajstić information content (AvgIpc) is 2.15. The fraction of sp³-hybridized carbons (Fsp3) is 0.556. The van der Waals surface area contributed by atoms with Crippen LogP contribution in [0.5, 0.6) is 0 Å². The zero-order valence-electron chi connectivity index (χ0n) is 8.41. The maximum absolute atomic E-state index is 4.18. The lowest BCUT2D eigenvalue weighted by molar-refractivity contribution is 0.772. The van der Waals surface area contributed by atoms with Gasteiger partial charge in [0.2, 0.25) is 0 Å². The summed E-state index contributed by atoms with van der Waals surface area (Å²) in [5.74, 6) is 0.959. The normalized spacial score (nSPS) is 10.1. The van der Waals surface area contributed by atoms with Crippen LogP contribution in [0.1, 0.15) is 5.69 Å². The van der Waals surface area contributed by atoms with E-state index in [0.717, 1.165) is 24.5 Å². The molecule has 4 heteroatoms. The zero-order chi connectivity index (χ0) is 9.68. The Hall–Kier alpha value is -1.16. The number of likely N-dealkylation sites (N-methyl/N-ethyl adjacent to an activating group) is 1. The molecule has 0 saturated carbocycles. The van der Waals surface area contributed by atoms with Crippen LogP contribution in [-0.2, 0) is 6.42 Å². The first kappa shape index (κ1) is 9.92. The zero-order valence-corrected chi connectivity index (χ0v) is 8.41. The van der Waals surface area contributed by atoms with Gasteiger partial charge in [-0.15, -0.1) is 0 Å². The second-order valence-electron chi connectivity index (χ2n) is 3.12. The fourth-order valence-corrected chi connectivity index (χ4v) is 1.02. The van der Waals surface area contributed by atoms with Crippen LogP contribution in [0, 0.1) is 0 Å². The Labute approximate surface area is 79.0 Å². The minimum atomic E-state index is 0.944. The van der Waals surface area contributed by atoms with Gasteiger partial charge in [-0.05, 0) is 7.05 Å². The van der Waals surface area contributed by atoms with Gasteiger partial charge in [0.1, 0.15) is 12.1 Å². The first-order chi connectivity index (χ1) is 6.24. The largest absolute Gasteiger partial charge is 0.363 e. The molecular weight excluding hydrogens is 164 g/mol. The van der Waals surface area contributed by atoms with Crippen molar-refractivity contribution in [3.05, 3.63) is 18.1 Å². The van der Waals surface area contributed by atoms with Gasteiger partial charge in [-0.1, -0.05) is 0 Å². The van der Waals surface area contributed by atoms with Crippen LogP contribution in [0.2, 0.25) is 0 Å². The Balaban J connectivity index is 2.68. The van der Waals surface area contributed by atoms with Crippen LogP contribution in [0.15, 0.2) is 12.4 Å². The van der Waals surface area contributed by atoms with Crippen molar-refractivity contribution < 1.29 is 0 Å². The SMILES string of the molecule is CNCCc1cc(N(C)C)ncn1. The number of rotatable bonds is 4.